The van der Waals surface area contributed by atoms with E-state index in [0.717, 1.165) is 69.8 Å². The second-order valence-electron chi connectivity index (χ2n) is 7.01. The first-order valence-corrected chi connectivity index (χ1v) is 10.6. The van der Waals surface area contributed by atoms with Gasteiger partial charge in [-0.1, -0.05) is 13.5 Å². The molecule has 152 valence electrons. The number of pyridine rings is 2. The first-order valence-electron chi connectivity index (χ1n) is 9.82. The minimum atomic E-state index is 0.889. The predicted molar refractivity (Wildman–Crippen MR) is 122 cm³/mol. The monoisotopic (exact) mass is 408 g/mol. The van der Waals surface area contributed by atoms with Crippen molar-refractivity contribution in [2.24, 2.45) is 0 Å². The molecule has 1 aliphatic rings. The van der Waals surface area contributed by atoms with Crippen LogP contribution < -0.4 is 4.90 Å². The van der Waals surface area contributed by atoms with Crippen molar-refractivity contribution in [3.05, 3.63) is 54.6 Å². The third-order valence-electron chi connectivity index (χ3n) is 4.72. The largest absolute Gasteiger partial charge is 0.385 e. The molecule has 0 spiro atoms. The van der Waals surface area contributed by atoms with E-state index in [4.69, 9.17) is 14.7 Å². The van der Waals surface area contributed by atoms with Crippen LogP contribution in [0.3, 0.4) is 0 Å². The topological polar surface area (TPSA) is 51.1 Å². The Morgan fingerprint density at radius 1 is 1.24 bits per heavy atom. The van der Waals surface area contributed by atoms with Gasteiger partial charge in [0.2, 0.25) is 0 Å². The molecule has 0 amide bonds. The lowest BCUT2D eigenvalue weighted by Crippen LogP contribution is -2.24. The predicted octanol–water partition coefficient (Wildman–Crippen LogP) is 5.47. The van der Waals surface area contributed by atoms with E-state index in [2.05, 4.69) is 42.6 Å². The summed E-state index contributed by atoms with van der Waals surface area (Å²) in [5.41, 5.74) is 6.29. The average Bonchev–Trinajstić information content (AvgIpc) is 3.14. The molecule has 1 aliphatic heterocycles. The molecule has 0 aliphatic carbocycles. The third-order valence-corrected chi connectivity index (χ3v) is 5.94. The van der Waals surface area contributed by atoms with Crippen LogP contribution in [0.2, 0.25) is 0 Å². The minimum Gasteiger partial charge on any atom is -0.385 e. The number of fused-ring (bicyclic) bond motifs is 1. The number of methoxy groups -OCH3 is 1. The first kappa shape index (κ1) is 21.1. The zero-order valence-electron chi connectivity index (χ0n) is 17.6. The van der Waals surface area contributed by atoms with Gasteiger partial charge in [-0.15, -0.1) is 11.3 Å². The molecular formula is C23H28N4OS. The van der Waals surface area contributed by atoms with Gasteiger partial charge in [0.15, 0.2) is 0 Å². The van der Waals surface area contributed by atoms with Crippen LogP contribution in [0.4, 0.5) is 5.69 Å². The summed E-state index contributed by atoms with van der Waals surface area (Å²) in [6.45, 7) is 10.2. The number of rotatable bonds is 4. The summed E-state index contributed by atoms with van der Waals surface area (Å²) >= 11 is 1.66. The zero-order valence-corrected chi connectivity index (χ0v) is 18.4. The summed E-state index contributed by atoms with van der Waals surface area (Å²) in [6, 6.07) is 8.20. The molecule has 0 unspecified atom stereocenters. The second kappa shape index (κ2) is 9.76. The number of nitrogens with zero attached hydrogens (tertiary/aromatic N) is 4. The van der Waals surface area contributed by atoms with Gasteiger partial charge in [0, 0.05) is 45.3 Å². The maximum atomic E-state index is 4.90. The smallest absolute Gasteiger partial charge is 0.125 e. The van der Waals surface area contributed by atoms with Crippen molar-refractivity contribution in [1.29, 1.82) is 0 Å². The fourth-order valence-electron chi connectivity index (χ4n) is 3.14. The Bertz CT molecular complexity index is 966. The Morgan fingerprint density at radius 2 is 2.07 bits per heavy atom. The van der Waals surface area contributed by atoms with Crippen molar-refractivity contribution in [3.8, 4) is 21.1 Å². The molecule has 3 aromatic rings. The Labute approximate surface area is 177 Å². The molecule has 4 rings (SSSR count). The van der Waals surface area contributed by atoms with Crippen LogP contribution in [-0.2, 0) is 4.74 Å². The van der Waals surface area contributed by atoms with Gasteiger partial charge in [0.05, 0.1) is 27.6 Å². The Kier molecular flexibility index (Phi) is 7.12. The quantitative estimate of drug-likeness (QED) is 0.573. The number of ether oxygens (including phenoxy) is 1. The van der Waals surface area contributed by atoms with Gasteiger partial charge in [-0.2, -0.15) is 0 Å². The van der Waals surface area contributed by atoms with Crippen molar-refractivity contribution >= 4 is 22.6 Å². The lowest BCUT2D eigenvalue weighted by atomic mass is 10.0. The molecule has 29 heavy (non-hydrogen) atoms. The van der Waals surface area contributed by atoms with Crippen LogP contribution >= 0.6 is 11.3 Å². The lowest BCUT2D eigenvalue weighted by molar-refractivity contribution is 0.199. The number of aryl methyl sites for hydroxylation is 1. The third kappa shape index (κ3) is 4.89. The molecule has 0 aromatic carbocycles. The maximum Gasteiger partial charge on any atom is 0.125 e. The highest BCUT2D eigenvalue weighted by molar-refractivity contribution is 7.18. The van der Waals surface area contributed by atoms with Crippen LogP contribution in [0.25, 0.3) is 26.7 Å². The fraction of sp³-hybridized carbons (Fsp3) is 0.348. The van der Waals surface area contributed by atoms with Crippen LogP contribution in [0.1, 0.15) is 31.2 Å². The second-order valence-corrected chi connectivity index (χ2v) is 8.01. The Morgan fingerprint density at radius 3 is 2.72 bits per heavy atom. The van der Waals surface area contributed by atoms with Crippen molar-refractivity contribution in [3.63, 3.8) is 0 Å². The SMILES string of the molecule is C=C1CCN(C)c2ccc(-c3sc(-c4cccnc4)nc3C)nc21.CCCOC. The maximum absolute atomic E-state index is 4.90. The number of anilines is 1. The average molecular weight is 409 g/mol. The molecule has 5 nitrogen and oxygen atoms in total. The number of hydrogen-bond acceptors (Lipinski definition) is 6. The number of thiazole rings is 1. The van der Waals surface area contributed by atoms with Gasteiger partial charge >= 0.3 is 0 Å². The highest BCUT2D eigenvalue weighted by Gasteiger charge is 2.20. The van der Waals surface area contributed by atoms with E-state index >= 15 is 0 Å². The summed E-state index contributed by atoms with van der Waals surface area (Å²) in [7, 11) is 3.81. The lowest BCUT2D eigenvalue weighted by Gasteiger charge is -2.28. The van der Waals surface area contributed by atoms with Crippen molar-refractivity contribution < 1.29 is 4.74 Å². The van der Waals surface area contributed by atoms with Crippen LogP contribution in [0.5, 0.6) is 0 Å². The summed E-state index contributed by atoms with van der Waals surface area (Å²) in [5, 5.41) is 0.978. The molecular weight excluding hydrogens is 380 g/mol. The zero-order chi connectivity index (χ0) is 20.8. The number of aromatic nitrogens is 3. The van der Waals surface area contributed by atoms with E-state index in [0.29, 0.717) is 0 Å². The first-order chi connectivity index (χ1) is 14.0. The van der Waals surface area contributed by atoms with Crippen LogP contribution in [-0.4, -0.2) is 42.3 Å². The van der Waals surface area contributed by atoms with Crippen molar-refractivity contribution in [2.45, 2.75) is 26.7 Å². The Balaban J connectivity index is 0.000000431. The molecule has 3 aromatic heterocycles. The normalized spacial score (nSPS) is 13.0. The van der Waals surface area contributed by atoms with Crippen LogP contribution in [0.15, 0.2) is 43.2 Å². The van der Waals surface area contributed by atoms with Crippen molar-refractivity contribution in [1.82, 2.24) is 15.0 Å². The molecule has 6 heteroatoms. The summed E-state index contributed by atoms with van der Waals surface area (Å²) in [5.74, 6) is 0. The van der Waals surface area contributed by atoms with Gasteiger partial charge in [-0.3, -0.25) is 4.98 Å². The number of hydrogen-bond donors (Lipinski definition) is 0. The van der Waals surface area contributed by atoms with Gasteiger partial charge in [0.1, 0.15) is 5.01 Å². The van der Waals surface area contributed by atoms with Crippen LogP contribution in [0, 0.1) is 6.92 Å². The fourth-order valence-corrected chi connectivity index (χ4v) is 4.17. The molecule has 0 radical (unpaired) electrons. The van der Waals surface area contributed by atoms with Gasteiger partial charge < -0.3 is 9.64 Å². The van der Waals surface area contributed by atoms with Gasteiger partial charge in [-0.25, -0.2) is 9.97 Å². The molecule has 0 fully saturated rings. The summed E-state index contributed by atoms with van der Waals surface area (Å²) in [6.07, 6.45) is 5.70. The van der Waals surface area contributed by atoms with Gasteiger partial charge in [0.25, 0.3) is 0 Å². The van der Waals surface area contributed by atoms with E-state index < -0.39 is 0 Å². The molecule has 0 saturated carbocycles. The van der Waals surface area contributed by atoms with E-state index in [1.165, 1.54) is 0 Å². The molecule has 0 bridgehead atoms. The molecule has 4 heterocycles. The highest BCUT2D eigenvalue weighted by Crippen LogP contribution is 2.37. The minimum absolute atomic E-state index is 0.889. The molecule has 0 saturated heterocycles. The standard InChI is InChI=1S/C19H18N4S.C4H10O/c1-12-8-10-23(3)16-7-6-15(22-17(12)16)18-13(2)21-19(24-18)14-5-4-9-20-11-14;1-3-4-5-2/h4-7,9,11H,1,8,10H2,2-3H3;3-4H2,1-2H3. The van der Waals surface area contributed by atoms with E-state index in [1.54, 1.807) is 24.6 Å². The summed E-state index contributed by atoms with van der Waals surface area (Å²) in [4.78, 5) is 17.1. The Hall–Kier alpha value is -2.57. The molecule has 0 N–H and O–H groups in total. The van der Waals surface area contributed by atoms with Gasteiger partial charge in [-0.05, 0) is 49.6 Å². The van der Waals surface area contributed by atoms with E-state index in [9.17, 15) is 0 Å². The van der Waals surface area contributed by atoms with E-state index in [-0.39, 0.29) is 0 Å². The van der Waals surface area contributed by atoms with E-state index in [1.807, 2.05) is 25.3 Å². The highest BCUT2D eigenvalue weighted by atomic mass is 32.1. The van der Waals surface area contributed by atoms with Crippen molar-refractivity contribution in [2.75, 3.05) is 32.2 Å². The summed E-state index contributed by atoms with van der Waals surface area (Å²) < 4.78 is 4.69. The molecule has 0 atom stereocenters.